The number of carbonyl (C=O) groups excluding carboxylic acids is 2. The van der Waals surface area contributed by atoms with Crippen molar-refractivity contribution in [3.8, 4) is 11.5 Å². The summed E-state index contributed by atoms with van der Waals surface area (Å²) >= 11 is 1.36. The minimum atomic E-state index is -0.885. The van der Waals surface area contributed by atoms with Gasteiger partial charge in [0.2, 0.25) is 0 Å². The Morgan fingerprint density at radius 2 is 1.95 bits per heavy atom. The molecule has 1 fully saturated rings. The fraction of sp³-hybridized carbons (Fsp3) is 0.324. The summed E-state index contributed by atoms with van der Waals surface area (Å²) in [6.07, 6.45) is 1.63. The number of anilines is 1. The molecular weight excluding hydrogens is 548 g/mol. The SMILES string of the molecule is Cc1cc(C)c2nc(N3C(=O)C(=O)C(=C(O)c4ccc5c(c4)C[C@@H](C)O5)[C@@H]3c3cccc(OCCC(C)C)c3)sc2c1. The molecule has 1 N–H and O–H groups in total. The molecule has 4 aromatic rings. The van der Waals surface area contributed by atoms with Gasteiger partial charge in [-0.25, -0.2) is 4.98 Å². The van der Waals surface area contributed by atoms with Gasteiger partial charge in [-0.3, -0.25) is 14.5 Å². The Kier molecular flexibility index (Phi) is 7.27. The summed E-state index contributed by atoms with van der Waals surface area (Å²) < 4.78 is 12.8. The average Bonchev–Trinajstić information content (AvgIpc) is 3.61. The number of aliphatic hydroxyl groups excluding tert-OH is 1. The topological polar surface area (TPSA) is 89.0 Å². The number of aromatic nitrogens is 1. The maximum atomic E-state index is 13.8. The summed E-state index contributed by atoms with van der Waals surface area (Å²) in [5.41, 5.74) is 4.98. The number of rotatable bonds is 7. The monoisotopic (exact) mass is 582 g/mol. The standard InChI is InChI=1S/C34H34N2O5S/c1-18(2)11-12-40-25-8-6-7-22(17-25)30-28(31(37)23-9-10-26-24(16-23)15-21(5)41-26)32(38)33(39)36(30)34-35-29-20(4)13-19(3)14-27(29)42-34/h6-10,13-14,16-18,21,30,37H,11-12,15H2,1-5H3/t21-,30+/m1/s1. The van der Waals surface area contributed by atoms with Gasteiger partial charge in [0.25, 0.3) is 5.78 Å². The molecule has 2 aliphatic heterocycles. The van der Waals surface area contributed by atoms with E-state index in [1.807, 2.05) is 63.2 Å². The lowest BCUT2D eigenvalue weighted by atomic mass is 9.94. The quantitative estimate of drug-likeness (QED) is 0.140. The van der Waals surface area contributed by atoms with Crippen LogP contribution in [0.4, 0.5) is 5.13 Å². The number of Topliss-reactive ketones (excluding diaryl/α,β-unsaturated/α-hetero) is 1. The van der Waals surface area contributed by atoms with Crippen molar-refractivity contribution in [1.29, 1.82) is 0 Å². The van der Waals surface area contributed by atoms with Crippen LogP contribution < -0.4 is 14.4 Å². The van der Waals surface area contributed by atoms with Gasteiger partial charge in [0.05, 0.1) is 28.4 Å². The van der Waals surface area contributed by atoms with Gasteiger partial charge >= 0.3 is 5.91 Å². The molecule has 1 saturated heterocycles. The first kappa shape index (κ1) is 28.0. The molecule has 0 saturated carbocycles. The maximum Gasteiger partial charge on any atom is 0.301 e. The molecule has 0 radical (unpaired) electrons. The summed E-state index contributed by atoms with van der Waals surface area (Å²) in [5.74, 6) is 0.204. The summed E-state index contributed by atoms with van der Waals surface area (Å²) in [5, 5.41) is 12.1. The number of ketones is 1. The molecule has 216 valence electrons. The van der Waals surface area contributed by atoms with Crippen LogP contribution in [0.3, 0.4) is 0 Å². The van der Waals surface area contributed by atoms with E-state index in [0.717, 1.165) is 39.1 Å². The molecular formula is C34H34N2O5S. The van der Waals surface area contributed by atoms with Gasteiger partial charge in [0, 0.05) is 12.0 Å². The lowest BCUT2D eigenvalue weighted by Crippen LogP contribution is -2.29. The largest absolute Gasteiger partial charge is 0.507 e. The van der Waals surface area contributed by atoms with Crippen molar-refractivity contribution in [2.75, 3.05) is 11.5 Å². The van der Waals surface area contributed by atoms with E-state index in [2.05, 4.69) is 13.8 Å². The molecule has 3 aromatic carbocycles. The second-order valence-electron chi connectivity index (χ2n) is 11.7. The van der Waals surface area contributed by atoms with Crippen molar-refractivity contribution in [3.63, 3.8) is 0 Å². The Morgan fingerprint density at radius 1 is 1.14 bits per heavy atom. The van der Waals surface area contributed by atoms with E-state index in [1.54, 1.807) is 12.1 Å². The highest BCUT2D eigenvalue weighted by molar-refractivity contribution is 7.22. The summed E-state index contributed by atoms with van der Waals surface area (Å²) in [7, 11) is 0. The van der Waals surface area contributed by atoms with Gasteiger partial charge < -0.3 is 14.6 Å². The van der Waals surface area contributed by atoms with Crippen LogP contribution in [0.25, 0.3) is 16.0 Å². The van der Waals surface area contributed by atoms with E-state index < -0.39 is 17.7 Å². The fourth-order valence-electron chi connectivity index (χ4n) is 5.72. The molecule has 7 nitrogen and oxygen atoms in total. The molecule has 2 atom stereocenters. The van der Waals surface area contributed by atoms with Crippen molar-refractivity contribution in [2.45, 2.75) is 59.6 Å². The highest BCUT2D eigenvalue weighted by Crippen LogP contribution is 2.45. The Morgan fingerprint density at radius 3 is 2.74 bits per heavy atom. The molecule has 2 aliphatic rings. The van der Waals surface area contributed by atoms with Crippen molar-refractivity contribution in [3.05, 3.63) is 88.0 Å². The zero-order valence-corrected chi connectivity index (χ0v) is 25.2. The Balaban J connectivity index is 1.50. The third kappa shape index (κ3) is 5.04. The van der Waals surface area contributed by atoms with Crippen LogP contribution in [0.5, 0.6) is 11.5 Å². The molecule has 0 aliphatic carbocycles. The van der Waals surface area contributed by atoms with Gasteiger partial charge in [0.15, 0.2) is 5.13 Å². The van der Waals surface area contributed by atoms with Gasteiger partial charge in [-0.2, -0.15) is 0 Å². The summed E-state index contributed by atoms with van der Waals surface area (Å²) in [4.78, 5) is 33.8. The lowest BCUT2D eigenvalue weighted by molar-refractivity contribution is -0.132. The second kappa shape index (κ2) is 10.9. The van der Waals surface area contributed by atoms with Crippen molar-refractivity contribution >= 4 is 44.1 Å². The molecule has 1 aromatic heterocycles. The molecule has 42 heavy (non-hydrogen) atoms. The third-order valence-electron chi connectivity index (χ3n) is 7.78. The van der Waals surface area contributed by atoms with E-state index >= 15 is 0 Å². The number of aryl methyl sites for hydroxylation is 2. The van der Waals surface area contributed by atoms with Crippen LogP contribution in [0.1, 0.15) is 61.1 Å². The van der Waals surface area contributed by atoms with Gasteiger partial charge in [0.1, 0.15) is 23.4 Å². The number of hydrogen-bond donors (Lipinski definition) is 1. The van der Waals surface area contributed by atoms with Crippen LogP contribution in [0.15, 0.2) is 60.2 Å². The van der Waals surface area contributed by atoms with E-state index in [4.69, 9.17) is 14.5 Å². The maximum absolute atomic E-state index is 13.8. The first-order valence-corrected chi connectivity index (χ1v) is 15.1. The number of amides is 1. The molecule has 6 rings (SSSR count). The zero-order valence-electron chi connectivity index (χ0n) is 24.4. The predicted octanol–water partition coefficient (Wildman–Crippen LogP) is 7.29. The van der Waals surface area contributed by atoms with E-state index in [-0.39, 0.29) is 17.4 Å². The molecule has 0 bridgehead atoms. The Hall–Kier alpha value is -4.17. The van der Waals surface area contributed by atoms with E-state index in [0.29, 0.717) is 41.0 Å². The van der Waals surface area contributed by atoms with Crippen LogP contribution >= 0.6 is 11.3 Å². The van der Waals surface area contributed by atoms with E-state index in [1.165, 1.54) is 16.2 Å². The Labute approximate surface area is 249 Å². The van der Waals surface area contributed by atoms with Crippen LogP contribution in [0, 0.1) is 19.8 Å². The number of hydrogen-bond acceptors (Lipinski definition) is 7. The van der Waals surface area contributed by atoms with Crippen molar-refractivity contribution in [2.24, 2.45) is 5.92 Å². The number of ether oxygens (including phenoxy) is 2. The minimum absolute atomic E-state index is 0.0263. The highest BCUT2D eigenvalue weighted by Gasteiger charge is 2.48. The smallest absolute Gasteiger partial charge is 0.301 e. The van der Waals surface area contributed by atoms with Gasteiger partial charge in [-0.1, -0.05) is 43.4 Å². The predicted molar refractivity (Wildman–Crippen MR) is 166 cm³/mol. The van der Waals surface area contributed by atoms with Crippen LogP contribution in [0.2, 0.25) is 0 Å². The normalized spacial score (nSPS) is 19.5. The summed E-state index contributed by atoms with van der Waals surface area (Å²) in [6, 6.07) is 16.0. The van der Waals surface area contributed by atoms with Crippen LogP contribution in [-0.2, 0) is 16.0 Å². The molecule has 3 heterocycles. The van der Waals surface area contributed by atoms with Crippen molar-refractivity contribution < 1.29 is 24.2 Å². The number of thiazole rings is 1. The lowest BCUT2D eigenvalue weighted by Gasteiger charge is -2.23. The summed E-state index contributed by atoms with van der Waals surface area (Å²) in [6.45, 7) is 10.8. The van der Waals surface area contributed by atoms with Gasteiger partial charge in [-0.15, -0.1) is 0 Å². The third-order valence-corrected chi connectivity index (χ3v) is 8.78. The molecule has 1 amide bonds. The van der Waals surface area contributed by atoms with E-state index in [9.17, 15) is 14.7 Å². The van der Waals surface area contributed by atoms with Gasteiger partial charge in [-0.05, 0) is 91.8 Å². The Bertz CT molecular complexity index is 1750. The number of fused-ring (bicyclic) bond motifs is 2. The fourth-order valence-corrected chi connectivity index (χ4v) is 6.89. The molecule has 0 spiro atoms. The first-order chi connectivity index (χ1) is 20.1. The molecule has 0 unspecified atom stereocenters. The highest BCUT2D eigenvalue weighted by atomic mass is 32.1. The number of benzene rings is 3. The van der Waals surface area contributed by atoms with Crippen molar-refractivity contribution in [1.82, 2.24) is 4.98 Å². The zero-order chi connectivity index (χ0) is 29.7. The second-order valence-corrected chi connectivity index (χ2v) is 12.7. The molecule has 8 heteroatoms. The number of carbonyl (C=O) groups is 2. The average molecular weight is 583 g/mol. The number of aliphatic hydroxyl groups is 1. The first-order valence-electron chi connectivity index (χ1n) is 14.3. The minimum Gasteiger partial charge on any atom is -0.507 e. The van der Waals surface area contributed by atoms with Crippen LogP contribution in [-0.4, -0.2) is 34.5 Å². The number of nitrogens with zero attached hydrogens (tertiary/aromatic N) is 2.